The molecule has 3 rings (SSSR count). The normalized spacial score (nSPS) is 16.7. The van der Waals surface area contributed by atoms with E-state index in [1.807, 2.05) is 0 Å². The maximum Gasteiger partial charge on any atom is 0.337 e. The fraction of sp³-hybridized carbons (Fsp3) is 0.571. The number of benzene rings is 1. The van der Waals surface area contributed by atoms with Crippen molar-refractivity contribution in [2.75, 3.05) is 0 Å². The molecule has 158 valence electrons. The number of fused-ring (bicyclic) bond motifs is 1. The van der Waals surface area contributed by atoms with E-state index < -0.39 is 29.1 Å². The summed E-state index contributed by atoms with van der Waals surface area (Å²) in [5.74, 6) is -0.247. The maximum absolute atomic E-state index is 13.2. The highest BCUT2D eigenvalue weighted by molar-refractivity contribution is 6.31. The smallest absolute Gasteiger partial charge is 0.337 e. The quantitative estimate of drug-likeness (QED) is 0.791. The molecule has 0 aliphatic heterocycles. The number of aromatic nitrogens is 2. The lowest BCUT2D eigenvalue weighted by atomic mass is 9.86. The molecule has 1 fully saturated rings. The zero-order valence-electron chi connectivity index (χ0n) is 17.2. The van der Waals surface area contributed by atoms with Crippen molar-refractivity contribution in [3.05, 3.63) is 33.7 Å². The van der Waals surface area contributed by atoms with Crippen molar-refractivity contribution in [3.63, 3.8) is 0 Å². The fourth-order valence-electron chi connectivity index (χ4n) is 4.13. The molecule has 0 spiro atoms. The van der Waals surface area contributed by atoms with Crippen molar-refractivity contribution >= 4 is 34.6 Å². The van der Waals surface area contributed by atoms with Crippen molar-refractivity contribution in [1.82, 2.24) is 14.5 Å². The standard InChI is InChI=1S/C21H29ClN4O3/c1-21(2,3)17(18(23)27)24-19(28)26-15-10-9-14(22)11-16(15)25(20(26)29)12-13-7-5-4-6-8-13/h9-11,13,17H,4-8,12H2,1-3H3,(H2,23,27)(H,24,28). The van der Waals surface area contributed by atoms with E-state index in [4.69, 9.17) is 17.3 Å². The third kappa shape index (κ3) is 4.50. The van der Waals surface area contributed by atoms with Gasteiger partial charge in [-0.1, -0.05) is 51.6 Å². The Bertz CT molecular complexity index is 980. The van der Waals surface area contributed by atoms with Crippen LogP contribution in [0.2, 0.25) is 5.02 Å². The molecule has 1 unspecified atom stereocenters. The van der Waals surface area contributed by atoms with Gasteiger partial charge in [-0.3, -0.25) is 9.36 Å². The van der Waals surface area contributed by atoms with Gasteiger partial charge in [0.15, 0.2) is 0 Å². The molecular formula is C21H29ClN4O3. The second-order valence-electron chi connectivity index (χ2n) is 9.02. The summed E-state index contributed by atoms with van der Waals surface area (Å²) in [5, 5.41) is 3.14. The van der Waals surface area contributed by atoms with Crippen LogP contribution >= 0.6 is 11.6 Å². The summed E-state index contributed by atoms with van der Waals surface area (Å²) in [4.78, 5) is 38.1. The van der Waals surface area contributed by atoms with E-state index in [0.29, 0.717) is 28.5 Å². The van der Waals surface area contributed by atoms with Gasteiger partial charge in [-0.05, 0) is 42.4 Å². The van der Waals surface area contributed by atoms with Crippen LogP contribution in [0.4, 0.5) is 4.79 Å². The van der Waals surface area contributed by atoms with Crippen LogP contribution in [-0.2, 0) is 11.3 Å². The number of halogens is 1. The first-order valence-corrected chi connectivity index (χ1v) is 10.5. The van der Waals surface area contributed by atoms with Gasteiger partial charge in [0.1, 0.15) is 6.04 Å². The van der Waals surface area contributed by atoms with Crippen LogP contribution in [0.15, 0.2) is 23.0 Å². The van der Waals surface area contributed by atoms with Gasteiger partial charge in [0, 0.05) is 11.6 Å². The Hall–Kier alpha value is -2.28. The third-order valence-corrected chi connectivity index (χ3v) is 5.91. The zero-order chi connectivity index (χ0) is 21.3. The topological polar surface area (TPSA) is 99.1 Å². The minimum Gasteiger partial charge on any atom is -0.368 e. The largest absolute Gasteiger partial charge is 0.368 e. The molecule has 1 atom stereocenters. The molecular weight excluding hydrogens is 392 g/mol. The highest BCUT2D eigenvalue weighted by Crippen LogP contribution is 2.27. The van der Waals surface area contributed by atoms with E-state index in [0.717, 1.165) is 30.3 Å². The monoisotopic (exact) mass is 420 g/mol. The molecule has 0 radical (unpaired) electrons. The Morgan fingerprint density at radius 1 is 1.21 bits per heavy atom. The summed E-state index contributed by atoms with van der Waals surface area (Å²) in [6, 6.07) is 3.44. The summed E-state index contributed by atoms with van der Waals surface area (Å²) in [6.45, 7) is 5.96. The second-order valence-corrected chi connectivity index (χ2v) is 9.45. The predicted molar refractivity (Wildman–Crippen MR) is 114 cm³/mol. The summed E-state index contributed by atoms with van der Waals surface area (Å²) in [6.07, 6.45) is 5.68. The molecule has 2 aromatic rings. The average molecular weight is 421 g/mol. The molecule has 0 saturated heterocycles. The van der Waals surface area contributed by atoms with E-state index in [-0.39, 0.29) is 0 Å². The molecule has 29 heavy (non-hydrogen) atoms. The Kier molecular flexibility index (Phi) is 6.08. The lowest BCUT2D eigenvalue weighted by molar-refractivity contribution is -0.122. The summed E-state index contributed by atoms with van der Waals surface area (Å²) < 4.78 is 2.71. The van der Waals surface area contributed by atoms with Gasteiger partial charge in [0.05, 0.1) is 11.0 Å². The summed E-state index contributed by atoms with van der Waals surface area (Å²) >= 11 is 6.17. The van der Waals surface area contributed by atoms with Gasteiger partial charge >= 0.3 is 11.7 Å². The van der Waals surface area contributed by atoms with Crippen LogP contribution in [0.5, 0.6) is 0 Å². The maximum atomic E-state index is 13.2. The number of nitrogens with two attached hydrogens (primary N) is 1. The van der Waals surface area contributed by atoms with Gasteiger partial charge in [-0.25, -0.2) is 14.2 Å². The molecule has 3 N–H and O–H groups in total. The lowest BCUT2D eigenvalue weighted by Crippen LogP contribution is -2.54. The van der Waals surface area contributed by atoms with Crippen molar-refractivity contribution in [3.8, 4) is 0 Å². The van der Waals surface area contributed by atoms with E-state index >= 15 is 0 Å². The predicted octanol–water partition coefficient (Wildman–Crippen LogP) is 3.49. The first-order chi connectivity index (χ1) is 13.6. The van der Waals surface area contributed by atoms with Crippen LogP contribution in [-0.4, -0.2) is 27.1 Å². The van der Waals surface area contributed by atoms with Crippen molar-refractivity contribution in [2.24, 2.45) is 17.1 Å². The van der Waals surface area contributed by atoms with Crippen LogP contribution in [0, 0.1) is 11.3 Å². The number of carbonyl (C=O) groups excluding carboxylic acids is 2. The van der Waals surface area contributed by atoms with Gasteiger partial charge < -0.3 is 11.1 Å². The number of rotatable bonds is 4. The number of hydrogen-bond acceptors (Lipinski definition) is 3. The number of carbonyl (C=O) groups is 2. The molecule has 2 amide bonds. The molecule has 1 heterocycles. The molecule has 1 aromatic heterocycles. The minimum absolute atomic E-state index is 0.399. The van der Waals surface area contributed by atoms with Crippen molar-refractivity contribution in [1.29, 1.82) is 0 Å². The first-order valence-electron chi connectivity index (χ1n) is 10.1. The van der Waals surface area contributed by atoms with Gasteiger partial charge in [0.2, 0.25) is 5.91 Å². The van der Waals surface area contributed by atoms with E-state index in [2.05, 4.69) is 5.32 Å². The Morgan fingerprint density at radius 3 is 2.45 bits per heavy atom. The van der Waals surface area contributed by atoms with Crippen LogP contribution in [0.3, 0.4) is 0 Å². The highest BCUT2D eigenvalue weighted by atomic mass is 35.5. The number of hydrogen-bond donors (Lipinski definition) is 2. The molecule has 1 aromatic carbocycles. The number of amides is 2. The van der Waals surface area contributed by atoms with E-state index in [9.17, 15) is 14.4 Å². The van der Waals surface area contributed by atoms with Gasteiger partial charge in [-0.2, -0.15) is 0 Å². The minimum atomic E-state index is -0.911. The second kappa shape index (κ2) is 8.22. The first kappa shape index (κ1) is 21.4. The lowest BCUT2D eigenvalue weighted by Gasteiger charge is -2.28. The van der Waals surface area contributed by atoms with Crippen LogP contribution in [0.1, 0.15) is 52.9 Å². The van der Waals surface area contributed by atoms with Crippen molar-refractivity contribution < 1.29 is 9.59 Å². The average Bonchev–Trinajstić information content (AvgIpc) is 2.90. The number of nitrogens with one attached hydrogen (secondary N) is 1. The van der Waals surface area contributed by atoms with Gasteiger partial charge in [-0.15, -0.1) is 0 Å². The molecule has 8 heteroatoms. The van der Waals surface area contributed by atoms with Crippen LogP contribution in [0.25, 0.3) is 11.0 Å². The molecule has 0 bridgehead atoms. The Labute approximate surface area is 175 Å². The molecule has 1 aliphatic rings. The number of imidazole rings is 1. The van der Waals surface area contributed by atoms with Gasteiger partial charge in [0.25, 0.3) is 0 Å². The number of primary amides is 1. The van der Waals surface area contributed by atoms with Crippen LogP contribution < -0.4 is 16.7 Å². The molecule has 1 saturated carbocycles. The Balaban J connectivity index is 2.03. The van der Waals surface area contributed by atoms with E-state index in [1.165, 1.54) is 6.42 Å². The zero-order valence-corrected chi connectivity index (χ0v) is 18.0. The highest BCUT2D eigenvalue weighted by Gasteiger charge is 2.32. The van der Waals surface area contributed by atoms with Crippen molar-refractivity contribution in [2.45, 2.75) is 65.5 Å². The summed E-state index contributed by atoms with van der Waals surface area (Å²) in [5.41, 5.74) is 5.55. The SMILES string of the molecule is CC(C)(C)C(NC(=O)n1c(=O)n(CC2CCCCC2)c2cc(Cl)ccc21)C(N)=O. The number of nitrogens with zero attached hydrogens (tertiary/aromatic N) is 2. The third-order valence-electron chi connectivity index (χ3n) is 5.68. The molecule has 7 nitrogen and oxygen atoms in total. The molecule has 1 aliphatic carbocycles. The van der Waals surface area contributed by atoms with E-state index in [1.54, 1.807) is 43.5 Å². The Morgan fingerprint density at radius 2 is 1.86 bits per heavy atom. The fourth-order valence-corrected chi connectivity index (χ4v) is 4.30. The summed E-state index contributed by atoms with van der Waals surface area (Å²) in [7, 11) is 0.